The number of carbonyl (C=O) groups excluding carboxylic acids is 13. The number of hydrogen-bond acceptors (Lipinski definition) is 21. The molecule has 0 aromatic carbocycles. The number of hydrogen-bond donors (Lipinski definition) is 21. The zero-order valence-corrected chi connectivity index (χ0v) is 74.4. The van der Waals surface area contributed by atoms with E-state index in [1.54, 1.807) is 41.5 Å². The van der Waals surface area contributed by atoms with Crippen LogP contribution in [-0.2, 0) is 71.9 Å². The number of nitrogens with one attached hydrogen (secondary N) is 13. The average molecular weight is 1690 g/mol. The number of rotatable bonds is 66. The van der Waals surface area contributed by atoms with Crippen LogP contribution in [0.2, 0.25) is 0 Å². The minimum atomic E-state index is -1.57. The zero-order valence-electron chi connectivity index (χ0n) is 74.4. The first-order valence-corrected chi connectivity index (χ1v) is 43.5. The summed E-state index contributed by atoms with van der Waals surface area (Å²) < 4.78 is 0. The minimum absolute atomic E-state index is 0.0000830. The van der Waals surface area contributed by atoms with Gasteiger partial charge in [-0.2, -0.15) is 0 Å². The minimum Gasteiger partial charge on any atom is -0.481 e. The lowest BCUT2D eigenvalue weighted by molar-refractivity contribution is -0.142. The van der Waals surface area contributed by atoms with Crippen molar-refractivity contribution in [2.45, 2.75) is 356 Å². The Morgan fingerprint density at radius 3 is 0.538 bits per heavy atom. The predicted octanol–water partition coefficient (Wildman–Crippen LogP) is 1.58. The molecule has 0 aromatic rings. The standard InChI is InChI=1S/C83H157N19O17/c1-47(2)39-61(95-70(105)55(89)27-17-22-34-84)79(114)99-64(42-50(7)8)77(112)93-59(32-33-69(103)104)74(109)98-68(46-54(15)16)82(117)101-62(40-48(3)4)75(110)91-56(28-18-23-35-85)71(106)90-57(29-19-24-36-86)72(107)96-66(44-52(11)12)80(115)100-63(41-49(5)6)76(111)92-58(30-20-25-37-87)73(108)97-67(45-53(13)14)81(116)102-65(43-51(9)10)78(113)94-60(83(118)119)31-21-26-38-88/h47-68H,17-46,84-89H2,1-16H3,(H,90,106)(H,91,110)(H,92,111)(H,93,112)(H,94,113)(H,95,105)(H,96,107)(H,97,108)(H,98,109)(H,99,114)(H,100,115)(H,101,117)(H,102,116)(H,103,104)(H,118,119)/t55-,56-,57-,58-,59-,60-,61-,62-,63-,64-,65-,66-,67-,68-/m0/s1. The van der Waals surface area contributed by atoms with Crippen LogP contribution in [0.5, 0.6) is 0 Å². The Bertz CT molecular complexity index is 3100. The molecule has 0 unspecified atom stereocenters. The Morgan fingerprint density at radius 2 is 0.361 bits per heavy atom. The third-order valence-electron chi connectivity index (χ3n) is 19.6. The number of carboxylic acid groups (broad SMARTS) is 2. The van der Waals surface area contributed by atoms with Gasteiger partial charge in [-0.15, -0.1) is 0 Å². The highest BCUT2D eigenvalue weighted by atomic mass is 16.4. The largest absolute Gasteiger partial charge is 0.481 e. The maximum atomic E-state index is 14.8. The normalized spacial score (nSPS) is 15.2. The highest BCUT2D eigenvalue weighted by molar-refractivity contribution is 6.00. The second-order valence-electron chi connectivity index (χ2n) is 35.1. The summed E-state index contributed by atoms with van der Waals surface area (Å²) in [4.78, 5) is 212. The summed E-state index contributed by atoms with van der Waals surface area (Å²) in [5, 5.41) is 55.4. The van der Waals surface area contributed by atoms with Crippen LogP contribution in [0.15, 0.2) is 0 Å². The molecule has 0 saturated carbocycles. The van der Waals surface area contributed by atoms with Gasteiger partial charge in [-0.05, 0) is 228 Å². The van der Waals surface area contributed by atoms with Crippen molar-refractivity contribution in [2.75, 3.05) is 32.7 Å². The quantitative estimate of drug-likeness (QED) is 0.0384. The number of nitrogens with two attached hydrogens (primary N) is 6. The first-order chi connectivity index (χ1) is 55.8. The SMILES string of the molecule is CC(C)C[C@H](NC(=O)[C@H](CC(C)C)NC(=O)[C@H](CCCCN)NC(=O)[C@H](CC(C)C)NC(=O)[C@H](CC(C)C)NC(=O)[C@H](CCCCN)NC(=O)[C@H](CCCCN)NC(=O)[C@H](CC(C)C)NC(=O)[C@H](CC(C)C)NC(=O)[C@H](CCC(=O)O)NC(=O)[C@H](CC(C)C)NC(=O)[C@H](CC(C)C)NC(=O)[C@@H](N)CCCCN)C(=O)N[C@@H](CCCCN)C(=O)O. The molecule has 0 aliphatic heterocycles. The van der Waals surface area contributed by atoms with E-state index in [0.29, 0.717) is 83.7 Å². The van der Waals surface area contributed by atoms with Gasteiger partial charge in [0.25, 0.3) is 0 Å². The van der Waals surface area contributed by atoms with Crippen molar-refractivity contribution in [3.05, 3.63) is 0 Å². The first kappa shape index (κ1) is 111. The van der Waals surface area contributed by atoms with Gasteiger partial charge in [0.15, 0.2) is 0 Å². The molecular weight excluding hydrogens is 1540 g/mol. The maximum Gasteiger partial charge on any atom is 0.326 e. The van der Waals surface area contributed by atoms with E-state index < -0.39 is 186 Å². The van der Waals surface area contributed by atoms with E-state index in [0.717, 1.165) is 0 Å². The third-order valence-corrected chi connectivity index (χ3v) is 19.6. The molecular formula is C83H157N19O17. The Hall–Kier alpha value is -8.19. The fourth-order valence-corrected chi connectivity index (χ4v) is 13.4. The lowest BCUT2D eigenvalue weighted by Gasteiger charge is -2.30. The first-order valence-electron chi connectivity index (χ1n) is 43.5. The molecule has 0 aromatic heterocycles. The molecule has 0 aliphatic carbocycles. The molecule has 14 atom stereocenters. The molecule has 0 fully saturated rings. The zero-order chi connectivity index (χ0) is 90.8. The van der Waals surface area contributed by atoms with Gasteiger partial charge >= 0.3 is 11.9 Å². The molecule has 0 aliphatic rings. The summed E-state index contributed by atoms with van der Waals surface area (Å²) in [6, 6.07) is -17.9. The van der Waals surface area contributed by atoms with Crippen LogP contribution < -0.4 is 104 Å². The Labute approximate surface area is 707 Å². The van der Waals surface area contributed by atoms with Crippen LogP contribution in [0.25, 0.3) is 0 Å². The summed E-state index contributed by atoms with van der Waals surface area (Å²) in [6.45, 7) is 30.4. The summed E-state index contributed by atoms with van der Waals surface area (Å²) in [6.07, 6.45) is 4.44. The van der Waals surface area contributed by atoms with Crippen molar-refractivity contribution >= 4 is 88.7 Å². The molecule has 36 heteroatoms. The number of aliphatic carboxylic acids is 2. The van der Waals surface area contributed by atoms with Gasteiger partial charge in [-0.1, -0.05) is 117 Å². The highest BCUT2D eigenvalue weighted by Crippen LogP contribution is 2.19. The second kappa shape index (κ2) is 61.2. The third kappa shape index (κ3) is 48.7. The van der Waals surface area contributed by atoms with Crippen LogP contribution in [0.4, 0.5) is 0 Å². The number of carboxylic acids is 2. The van der Waals surface area contributed by atoms with Crippen molar-refractivity contribution in [3.8, 4) is 0 Å². The van der Waals surface area contributed by atoms with Crippen LogP contribution in [-0.4, -0.2) is 216 Å². The molecule has 0 spiro atoms. The Kier molecular flexibility index (Phi) is 56.9. The molecule has 36 nitrogen and oxygen atoms in total. The molecule has 0 saturated heterocycles. The van der Waals surface area contributed by atoms with Crippen molar-refractivity contribution < 1.29 is 82.1 Å². The monoisotopic (exact) mass is 1690 g/mol. The van der Waals surface area contributed by atoms with E-state index in [-0.39, 0.29) is 144 Å². The Balaban J connectivity index is 7.36. The van der Waals surface area contributed by atoms with Gasteiger partial charge in [0.2, 0.25) is 76.8 Å². The van der Waals surface area contributed by atoms with Crippen LogP contribution >= 0.6 is 0 Å². The van der Waals surface area contributed by atoms with E-state index in [1.165, 1.54) is 0 Å². The van der Waals surface area contributed by atoms with Gasteiger partial charge in [0.1, 0.15) is 78.5 Å². The smallest absolute Gasteiger partial charge is 0.326 e. The number of amides is 13. The van der Waals surface area contributed by atoms with E-state index >= 15 is 0 Å². The summed E-state index contributed by atoms with van der Waals surface area (Å²) in [5.74, 6) is -14.2. The molecule has 0 radical (unpaired) electrons. The highest BCUT2D eigenvalue weighted by Gasteiger charge is 2.39. The van der Waals surface area contributed by atoms with E-state index in [2.05, 4.69) is 69.1 Å². The van der Waals surface area contributed by atoms with Crippen LogP contribution in [0.1, 0.15) is 271 Å². The molecule has 0 heterocycles. The van der Waals surface area contributed by atoms with Gasteiger partial charge in [-0.25, -0.2) is 4.79 Å². The molecule has 0 bridgehead atoms. The second-order valence-corrected chi connectivity index (χ2v) is 35.1. The van der Waals surface area contributed by atoms with Gasteiger partial charge in [0, 0.05) is 6.42 Å². The molecule has 119 heavy (non-hydrogen) atoms. The van der Waals surface area contributed by atoms with Gasteiger partial charge in [-0.3, -0.25) is 67.1 Å². The number of carbonyl (C=O) groups is 15. The molecule has 13 amide bonds. The van der Waals surface area contributed by atoms with E-state index in [1.807, 2.05) is 69.2 Å². The summed E-state index contributed by atoms with van der Waals surface area (Å²) in [7, 11) is 0. The lowest BCUT2D eigenvalue weighted by atomic mass is 9.98. The topological polar surface area (TPSA) is 609 Å². The lowest BCUT2D eigenvalue weighted by Crippen LogP contribution is -2.61. The average Bonchev–Trinajstić information content (AvgIpc) is 0.852. The van der Waals surface area contributed by atoms with Crippen molar-refractivity contribution in [3.63, 3.8) is 0 Å². The van der Waals surface area contributed by atoms with Crippen LogP contribution in [0, 0.1) is 47.3 Å². The summed E-state index contributed by atoms with van der Waals surface area (Å²) >= 11 is 0. The van der Waals surface area contributed by atoms with E-state index in [4.69, 9.17) is 34.4 Å². The Morgan fingerprint density at radius 1 is 0.210 bits per heavy atom. The predicted molar refractivity (Wildman–Crippen MR) is 458 cm³/mol. The maximum absolute atomic E-state index is 14.8. The van der Waals surface area contributed by atoms with E-state index in [9.17, 15) is 82.1 Å². The van der Waals surface area contributed by atoms with Crippen molar-refractivity contribution in [1.29, 1.82) is 0 Å². The van der Waals surface area contributed by atoms with Crippen molar-refractivity contribution in [1.82, 2.24) is 69.1 Å². The fraction of sp³-hybridized carbons (Fsp3) is 0.819. The number of unbranched alkanes of at least 4 members (excludes halogenated alkanes) is 5. The molecule has 0 rings (SSSR count). The van der Waals surface area contributed by atoms with Crippen molar-refractivity contribution in [2.24, 2.45) is 81.7 Å². The van der Waals surface area contributed by atoms with Gasteiger partial charge < -0.3 is 114 Å². The van der Waals surface area contributed by atoms with Crippen LogP contribution in [0.3, 0.4) is 0 Å². The van der Waals surface area contributed by atoms with Gasteiger partial charge in [0.05, 0.1) is 6.04 Å². The molecule has 27 N–H and O–H groups in total. The molecule has 686 valence electrons. The fourth-order valence-electron chi connectivity index (χ4n) is 13.4. The summed E-state index contributed by atoms with van der Waals surface area (Å²) in [5.41, 5.74) is 35.1.